The molecule has 0 aliphatic rings. The summed E-state index contributed by atoms with van der Waals surface area (Å²) in [6.45, 7) is 3.42. The van der Waals surface area contributed by atoms with Crippen LogP contribution in [0.2, 0.25) is 0 Å². The van der Waals surface area contributed by atoms with Gasteiger partial charge in [0.15, 0.2) is 0 Å². The third kappa shape index (κ3) is 9.41. The fourth-order valence-electron chi connectivity index (χ4n) is 1.75. The largest absolute Gasteiger partial charge is 0.466 e. The molecule has 6 heteroatoms. The van der Waals surface area contributed by atoms with Gasteiger partial charge in [-0.3, -0.25) is 9.35 Å². The molecular formula is C12H24O5S. The van der Waals surface area contributed by atoms with Crippen molar-refractivity contribution in [2.24, 2.45) is 0 Å². The Kier molecular flexibility index (Phi) is 9.01. The highest BCUT2D eigenvalue weighted by molar-refractivity contribution is 7.86. The van der Waals surface area contributed by atoms with Gasteiger partial charge in [0.05, 0.1) is 11.9 Å². The van der Waals surface area contributed by atoms with Crippen LogP contribution in [-0.2, 0) is 19.6 Å². The maximum absolute atomic E-state index is 11.1. The normalized spacial score (nSPS) is 13.3. The van der Waals surface area contributed by atoms with Gasteiger partial charge in [0.2, 0.25) is 0 Å². The van der Waals surface area contributed by atoms with Crippen molar-refractivity contribution in [1.29, 1.82) is 0 Å². The summed E-state index contributed by atoms with van der Waals surface area (Å²) in [4.78, 5) is 10.6. The molecule has 0 aromatic carbocycles. The van der Waals surface area contributed by atoms with Crippen LogP contribution in [0, 0.1) is 0 Å². The monoisotopic (exact) mass is 280 g/mol. The van der Waals surface area contributed by atoms with E-state index in [2.05, 4.69) is 6.92 Å². The van der Waals surface area contributed by atoms with Gasteiger partial charge in [0.1, 0.15) is 0 Å². The first-order chi connectivity index (χ1) is 8.38. The molecule has 0 saturated heterocycles. The summed E-state index contributed by atoms with van der Waals surface area (Å²) in [6.07, 6.45) is 5.67. The molecule has 0 bridgehead atoms. The Balaban J connectivity index is 3.98. The van der Waals surface area contributed by atoms with Gasteiger partial charge in [-0.15, -0.1) is 0 Å². The maximum Gasteiger partial charge on any atom is 0.302 e. The van der Waals surface area contributed by atoms with Gasteiger partial charge in [0.25, 0.3) is 10.1 Å². The summed E-state index contributed by atoms with van der Waals surface area (Å²) < 4.78 is 36.1. The average molecular weight is 280 g/mol. The Morgan fingerprint density at radius 1 is 1.17 bits per heavy atom. The minimum atomic E-state index is -4.05. The molecule has 0 aliphatic heterocycles. The van der Waals surface area contributed by atoms with Crippen LogP contribution >= 0.6 is 0 Å². The Morgan fingerprint density at radius 3 is 2.28 bits per heavy atom. The third-order valence-electron chi connectivity index (χ3n) is 2.80. The molecule has 0 heterocycles. The Hall–Kier alpha value is -0.620. The predicted octanol–water partition coefficient (Wildman–Crippen LogP) is 2.56. The SMILES string of the molecule is CCCCCCCC(CCOC(C)=O)S(=O)(=O)O. The Bertz CT molecular complexity index is 323. The number of unbranched alkanes of at least 4 members (excludes halogenated alkanes) is 4. The standard InChI is InChI=1S/C12H24O5S/c1-3-4-5-6-7-8-12(18(14,15)16)9-10-17-11(2)13/h12H,3-10H2,1-2H3,(H,14,15,16). The molecule has 0 rings (SSSR count). The van der Waals surface area contributed by atoms with E-state index >= 15 is 0 Å². The Morgan fingerprint density at radius 2 is 1.78 bits per heavy atom. The van der Waals surface area contributed by atoms with Gasteiger partial charge in [-0.25, -0.2) is 0 Å². The van der Waals surface area contributed by atoms with Crippen molar-refractivity contribution in [2.75, 3.05) is 6.61 Å². The van der Waals surface area contributed by atoms with Crippen LogP contribution in [0.1, 0.15) is 58.8 Å². The number of esters is 1. The molecular weight excluding hydrogens is 256 g/mol. The van der Waals surface area contributed by atoms with Crippen LogP contribution in [0.15, 0.2) is 0 Å². The van der Waals surface area contributed by atoms with E-state index in [1.807, 2.05) is 0 Å². The zero-order chi connectivity index (χ0) is 14.0. The molecule has 1 unspecified atom stereocenters. The third-order valence-corrected chi connectivity index (χ3v) is 4.11. The van der Waals surface area contributed by atoms with Gasteiger partial charge < -0.3 is 4.74 Å². The van der Waals surface area contributed by atoms with Gasteiger partial charge in [-0.05, 0) is 6.42 Å². The Labute approximate surface area is 110 Å². The topological polar surface area (TPSA) is 80.7 Å². The molecule has 0 saturated carbocycles. The fraction of sp³-hybridized carbons (Fsp3) is 0.917. The van der Waals surface area contributed by atoms with Gasteiger partial charge in [-0.2, -0.15) is 8.42 Å². The molecule has 5 nitrogen and oxygen atoms in total. The lowest BCUT2D eigenvalue weighted by molar-refractivity contribution is -0.141. The molecule has 0 aromatic rings. The molecule has 1 N–H and O–H groups in total. The lowest BCUT2D eigenvalue weighted by Crippen LogP contribution is -2.23. The van der Waals surface area contributed by atoms with E-state index in [0.717, 1.165) is 32.1 Å². The van der Waals surface area contributed by atoms with Crippen molar-refractivity contribution < 1.29 is 22.5 Å². The fourth-order valence-corrected chi connectivity index (χ4v) is 2.61. The van der Waals surface area contributed by atoms with E-state index in [4.69, 9.17) is 9.29 Å². The summed E-state index contributed by atoms with van der Waals surface area (Å²) >= 11 is 0. The molecule has 0 radical (unpaired) electrons. The van der Waals surface area contributed by atoms with Gasteiger partial charge in [-0.1, -0.05) is 39.0 Å². The number of rotatable bonds is 10. The molecule has 0 aromatic heterocycles. The quantitative estimate of drug-likeness (QED) is 0.378. The smallest absolute Gasteiger partial charge is 0.302 e. The predicted molar refractivity (Wildman–Crippen MR) is 70.0 cm³/mol. The van der Waals surface area contributed by atoms with E-state index in [1.54, 1.807) is 0 Å². The highest BCUT2D eigenvalue weighted by Crippen LogP contribution is 2.15. The highest BCUT2D eigenvalue weighted by Gasteiger charge is 2.22. The minimum absolute atomic E-state index is 0.0365. The van der Waals surface area contributed by atoms with Gasteiger partial charge >= 0.3 is 5.97 Å². The summed E-state index contributed by atoms with van der Waals surface area (Å²) in [5, 5.41) is -0.821. The molecule has 18 heavy (non-hydrogen) atoms. The van der Waals surface area contributed by atoms with Crippen LogP contribution in [-0.4, -0.2) is 30.8 Å². The molecule has 1 atom stereocenters. The number of ether oxygens (including phenoxy) is 1. The second-order valence-corrected chi connectivity index (χ2v) is 6.17. The molecule has 0 fully saturated rings. The molecule has 108 valence electrons. The van der Waals surface area contributed by atoms with Crippen molar-refractivity contribution >= 4 is 16.1 Å². The van der Waals surface area contributed by atoms with Crippen molar-refractivity contribution in [3.05, 3.63) is 0 Å². The maximum atomic E-state index is 11.1. The first-order valence-corrected chi connectivity index (χ1v) is 7.98. The van der Waals surface area contributed by atoms with Crippen LogP contribution in [0.25, 0.3) is 0 Å². The lowest BCUT2D eigenvalue weighted by atomic mass is 10.1. The first-order valence-electron chi connectivity index (χ1n) is 6.47. The second kappa shape index (κ2) is 9.33. The van der Waals surface area contributed by atoms with E-state index in [-0.39, 0.29) is 13.0 Å². The zero-order valence-corrected chi connectivity index (χ0v) is 12.0. The van der Waals surface area contributed by atoms with Crippen molar-refractivity contribution in [3.8, 4) is 0 Å². The number of hydrogen-bond acceptors (Lipinski definition) is 4. The summed E-state index contributed by atoms with van der Waals surface area (Å²) in [5.41, 5.74) is 0. The average Bonchev–Trinajstić information content (AvgIpc) is 2.24. The minimum Gasteiger partial charge on any atom is -0.466 e. The second-order valence-electron chi connectivity index (χ2n) is 4.47. The van der Waals surface area contributed by atoms with Crippen LogP contribution in [0.4, 0.5) is 0 Å². The molecule has 0 amide bonds. The number of hydrogen-bond donors (Lipinski definition) is 1. The van der Waals surface area contributed by atoms with E-state index in [9.17, 15) is 13.2 Å². The summed E-state index contributed by atoms with van der Waals surface area (Å²) in [5.74, 6) is -0.438. The lowest BCUT2D eigenvalue weighted by Gasteiger charge is -2.13. The number of carbonyl (C=O) groups is 1. The number of carbonyl (C=O) groups excluding carboxylic acids is 1. The van der Waals surface area contributed by atoms with Crippen molar-refractivity contribution in [3.63, 3.8) is 0 Å². The van der Waals surface area contributed by atoms with Crippen LogP contribution < -0.4 is 0 Å². The van der Waals surface area contributed by atoms with Crippen LogP contribution in [0.3, 0.4) is 0 Å². The van der Waals surface area contributed by atoms with Crippen LogP contribution in [0.5, 0.6) is 0 Å². The zero-order valence-electron chi connectivity index (χ0n) is 11.2. The van der Waals surface area contributed by atoms with Crippen molar-refractivity contribution in [2.45, 2.75) is 64.0 Å². The van der Waals surface area contributed by atoms with E-state index < -0.39 is 21.3 Å². The van der Waals surface area contributed by atoms with E-state index in [0.29, 0.717) is 6.42 Å². The summed E-state index contributed by atoms with van der Waals surface area (Å²) in [6, 6.07) is 0. The van der Waals surface area contributed by atoms with Crippen molar-refractivity contribution in [1.82, 2.24) is 0 Å². The highest BCUT2D eigenvalue weighted by atomic mass is 32.2. The first kappa shape index (κ1) is 17.4. The molecule has 0 spiro atoms. The summed E-state index contributed by atoms with van der Waals surface area (Å²) in [7, 11) is -4.05. The van der Waals surface area contributed by atoms with Gasteiger partial charge in [0, 0.05) is 13.3 Å². The van der Waals surface area contributed by atoms with E-state index in [1.165, 1.54) is 6.92 Å². The molecule has 0 aliphatic carbocycles.